The van der Waals surface area contributed by atoms with Gasteiger partial charge in [-0.05, 0) is 51.1 Å². The SMILES string of the molecule is COc1ccc2c(c1)[C@@H](CC(=O)OC(C)(C)C)N(c1ccccc1)C(=O)N2. The number of urea groups is 1. The van der Waals surface area contributed by atoms with Crippen molar-refractivity contribution in [3.05, 3.63) is 54.1 Å². The fourth-order valence-electron chi connectivity index (χ4n) is 3.14. The van der Waals surface area contributed by atoms with Gasteiger partial charge in [-0.1, -0.05) is 18.2 Å². The second-order valence-corrected chi connectivity index (χ2v) is 7.40. The van der Waals surface area contributed by atoms with Crippen LogP contribution < -0.4 is 15.0 Å². The van der Waals surface area contributed by atoms with E-state index >= 15 is 0 Å². The van der Waals surface area contributed by atoms with Crippen molar-refractivity contribution in [1.82, 2.24) is 0 Å². The van der Waals surface area contributed by atoms with E-state index < -0.39 is 11.6 Å². The summed E-state index contributed by atoms with van der Waals surface area (Å²) in [5, 5.41) is 2.89. The lowest BCUT2D eigenvalue weighted by molar-refractivity contribution is -0.155. The molecule has 27 heavy (non-hydrogen) atoms. The van der Waals surface area contributed by atoms with Crippen LogP contribution in [-0.2, 0) is 9.53 Å². The maximum Gasteiger partial charge on any atom is 0.326 e. The molecule has 2 aromatic rings. The third kappa shape index (κ3) is 4.22. The van der Waals surface area contributed by atoms with E-state index in [-0.39, 0.29) is 18.4 Å². The van der Waals surface area contributed by atoms with Gasteiger partial charge >= 0.3 is 12.0 Å². The van der Waals surface area contributed by atoms with E-state index in [1.54, 1.807) is 24.1 Å². The Morgan fingerprint density at radius 1 is 1.15 bits per heavy atom. The van der Waals surface area contributed by atoms with Crippen molar-refractivity contribution in [2.75, 3.05) is 17.3 Å². The van der Waals surface area contributed by atoms with Crippen LogP contribution in [0.1, 0.15) is 38.8 Å². The molecule has 0 radical (unpaired) electrons. The van der Waals surface area contributed by atoms with E-state index in [2.05, 4.69) is 5.32 Å². The van der Waals surface area contributed by atoms with Crippen LogP contribution in [0.5, 0.6) is 5.75 Å². The van der Waals surface area contributed by atoms with E-state index in [0.29, 0.717) is 17.1 Å². The molecule has 3 rings (SSSR count). The number of ether oxygens (including phenoxy) is 2. The molecule has 1 aliphatic heterocycles. The van der Waals surface area contributed by atoms with Gasteiger partial charge in [-0.3, -0.25) is 9.69 Å². The summed E-state index contributed by atoms with van der Waals surface area (Å²) in [6.07, 6.45) is 0.0414. The van der Waals surface area contributed by atoms with Crippen LogP contribution in [-0.4, -0.2) is 24.7 Å². The number of benzene rings is 2. The molecular weight excluding hydrogens is 344 g/mol. The van der Waals surface area contributed by atoms with Gasteiger partial charge < -0.3 is 14.8 Å². The fraction of sp³-hybridized carbons (Fsp3) is 0.333. The Kier molecular flexibility index (Phi) is 5.08. The van der Waals surface area contributed by atoms with Gasteiger partial charge in [0.2, 0.25) is 0 Å². The summed E-state index contributed by atoms with van der Waals surface area (Å²) in [7, 11) is 1.58. The minimum absolute atomic E-state index is 0.0414. The lowest BCUT2D eigenvalue weighted by atomic mass is 9.96. The molecule has 1 heterocycles. The molecule has 0 saturated carbocycles. The van der Waals surface area contributed by atoms with Gasteiger partial charge in [0, 0.05) is 16.9 Å². The number of nitrogens with zero attached hydrogens (tertiary/aromatic N) is 1. The molecule has 2 amide bonds. The first-order valence-corrected chi connectivity index (χ1v) is 8.83. The maximum atomic E-state index is 12.8. The molecular formula is C21H24N2O4. The molecule has 0 fully saturated rings. The number of rotatable bonds is 4. The molecule has 0 aliphatic carbocycles. The number of methoxy groups -OCH3 is 1. The molecule has 6 nitrogen and oxygen atoms in total. The number of hydrogen-bond acceptors (Lipinski definition) is 4. The Hall–Kier alpha value is -3.02. The third-order valence-corrected chi connectivity index (χ3v) is 4.20. The van der Waals surface area contributed by atoms with Gasteiger partial charge in [-0.2, -0.15) is 0 Å². The molecule has 1 atom stereocenters. The average Bonchev–Trinajstić information content (AvgIpc) is 2.60. The first-order chi connectivity index (χ1) is 12.8. The first-order valence-electron chi connectivity index (χ1n) is 8.83. The second-order valence-electron chi connectivity index (χ2n) is 7.40. The van der Waals surface area contributed by atoms with E-state index in [9.17, 15) is 9.59 Å². The summed E-state index contributed by atoms with van der Waals surface area (Å²) >= 11 is 0. The Morgan fingerprint density at radius 3 is 2.48 bits per heavy atom. The standard InChI is InChI=1S/C21H24N2O4/c1-21(2,3)27-19(24)13-18-16-12-15(26-4)10-11-17(16)22-20(25)23(18)14-8-6-5-7-9-14/h5-12,18H,13H2,1-4H3,(H,22,25)/t18-/m1/s1. The van der Waals surface area contributed by atoms with Crippen molar-refractivity contribution in [3.8, 4) is 5.75 Å². The Bertz CT molecular complexity index is 843. The van der Waals surface area contributed by atoms with Crippen LogP contribution in [0.15, 0.2) is 48.5 Å². The zero-order valence-corrected chi connectivity index (χ0v) is 16.0. The molecule has 1 N–H and O–H groups in total. The van der Waals surface area contributed by atoms with Gasteiger partial charge in [0.25, 0.3) is 0 Å². The maximum absolute atomic E-state index is 12.8. The second kappa shape index (κ2) is 7.31. The summed E-state index contributed by atoms with van der Waals surface area (Å²) in [6.45, 7) is 5.47. The zero-order valence-electron chi connectivity index (χ0n) is 16.0. The Labute approximate surface area is 159 Å². The third-order valence-electron chi connectivity index (χ3n) is 4.20. The van der Waals surface area contributed by atoms with Gasteiger partial charge in [-0.15, -0.1) is 0 Å². The van der Waals surface area contributed by atoms with Gasteiger partial charge in [0.1, 0.15) is 11.4 Å². The summed E-state index contributed by atoms with van der Waals surface area (Å²) in [6, 6.07) is 13.9. The summed E-state index contributed by atoms with van der Waals surface area (Å²) < 4.78 is 10.8. The monoisotopic (exact) mass is 368 g/mol. The lowest BCUT2D eigenvalue weighted by Gasteiger charge is -2.37. The topological polar surface area (TPSA) is 67.9 Å². The van der Waals surface area contributed by atoms with Crippen molar-refractivity contribution < 1.29 is 19.1 Å². The predicted molar refractivity (Wildman–Crippen MR) is 104 cm³/mol. The number of carbonyl (C=O) groups excluding carboxylic acids is 2. The van der Waals surface area contributed by atoms with Crippen LogP contribution >= 0.6 is 0 Å². The molecule has 0 saturated heterocycles. The van der Waals surface area contributed by atoms with Crippen LogP contribution in [0.25, 0.3) is 0 Å². The molecule has 6 heteroatoms. The number of anilines is 2. The number of nitrogens with one attached hydrogen (secondary N) is 1. The van der Waals surface area contributed by atoms with Crippen LogP contribution in [0.2, 0.25) is 0 Å². The van der Waals surface area contributed by atoms with Crippen molar-refractivity contribution in [2.45, 2.75) is 38.8 Å². The lowest BCUT2D eigenvalue weighted by Crippen LogP contribution is -2.43. The highest BCUT2D eigenvalue weighted by atomic mass is 16.6. The van der Waals surface area contributed by atoms with Gasteiger partial charge in [-0.25, -0.2) is 4.79 Å². The van der Waals surface area contributed by atoms with Gasteiger partial charge in [0.05, 0.1) is 19.6 Å². The Morgan fingerprint density at radius 2 is 1.85 bits per heavy atom. The van der Waals surface area contributed by atoms with E-state index in [1.807, 2.05) is 57.2 Å². The molecule has 0 unspecified atom stereocenters. The van der Waals surface area contributed by atoms with Crippen molar-refractivity contribution in [2.24, 2.45) is 0 Å². The number of carbonyl (C=O) groups is 2. The van der Waals surface area contributed by atoms with Crippen molar-refractivity contribution in [3.63, 3.8) is 0 Å². The number of para-hydroxylation sites is 1. The normalized spacial score (nSPS) is 16.4. The van der Waals surface area contributed by atoms with Crippen LogP contribution in [0.3, 0.4) is 0 Å². The predicted octanol–water partition coefficient (Wildman–Crippen LogP) is 4.52. The molecule has 2 aromatic carbocycles. The molecule has 0 bridgehead atoms. The first kappa shape index (κ1) is 18.8. The van der Waals surface area contributed by atoms with Crippen LogP contribution in [0, 0.1) is 0 Å². The number of hydrogen-bond donors (Lipinski definition) is 1. The highest BCUT2D eigenvalue weighted by molar-refractivity contribution is 6.05. The van der Waals surface area contributed by atoms with E-state index in [0.717, 1.165) is 5.56 Å². The summed E-state index contributed by atoms with van der Waals surface area (Å²) in [5.41, 5.74) is 1.59. The quantitative estimate of drug-likeness (QED) is 0.806. The highest BCUT2D eigenvalue weighted by Crippen LogP contribution is 2.40. The summed E-state index contributed by atoms with van der Waals surface area (Å²) in [5.74, 6) is 0.295. The average molecular weight is 368 g/mol. The molecule has 0 spiro atoms. The minimum atomic E-state index is -0.594. The molecule has 0 aromatic heterocycles. The van der Waals surface area contributed by atoms with Crippen molar-refractivity contribution >= 4 is 23.4 Å². The summed E-state index contributed by atoms with van der Waals surface area (Å²) in [4.78, 5) is 27.0. The Balaban J connectivity index is 2.03. The smallest absolute Gasteiger partial charge is 0.326 e. The van der Waals surface area contributed by atoms with E-state index in [4.69, 9.17) is 9.47 Å². The van der Waals surface area contributed by atoms with E-state index in [1.165, 1.54) is 0 Å². The van der Waals surface area contributed by atoms with Gasteiger partial charge in [0.15, 0.2) is 0 Å². The number of amides is 2. The molecule has 142 valence electrons. The number of fused-ring (bicyclic) bond motifs is 1. The highest BCUT2D eigenvalue weighted by Gasteiger charge is 2.36. The fourth-order valence-corrected chi connectivity index (χ4v) is 3.14. The zero-order chi connectivity index (χ0) is 19.6. The molecule has 1 aliphatic rings. The number of esters is 1. The minimum Gasteiger partial charge on any atom is -0.497 e. The van der Waals surface area contributed by atoms with Crippen molar-refractivity contribution in [1.29, 1.82) is 0 Å². The largest absolute Gasteiger partial charge is 0.497 e. The van der Waals surface area contributed by atoms with Crippen LogP contribution in [0.4, 0.5) is 16.2 Å².